The molecule has 1 N–H and O–H groups in total. The lowest BCUT2D eigenvalue weighted by Gasteiger charge is -2.18. The van der Waals surface area contributed by atoms with Gasteiger partial charge in [0, 0.05) is 33.4 Å². The highest BCUT2D eigenvalue weighted by atomic mass is 16.5. The normalized spacial score (nSPS) is 11.6. The van der Waals surface area contributed by atoms with E-state index >= 15 is 0 Å². The van der Waals surface area contributed by atoms with Crippen LogP contribution in [0.5, 0.6) is 0 Å². The van der Waals surface area contributed by atoms with Gasteiger partial charge in [-0.2, -0.15) is 0 Å². The summed E-state index contributed by atoms with van der Waals surface area (Å²) in [6.07, 6.45) is 3.69. The maximum atomic E-state index is 5.04. The van der Waals surface area contributed by atoms with Gasteiger partial charge in [-0.15, -0.1) is 0 Å². The van der Waals surface area contributed by atoms with Crippen LogP contribution in [0.25, 0.3) is 0 Å². The molecule has 0 amide bonds. The molecule has 0 heterocycles. The van der Waals surface area contributed by atoms with E-state index < -0.39 is 0 Å². The van der Waals surface area contributed by atoms with Crippen molar-refractivity contribution < 1.29 is 4.74 Å². The Morgan fingerprint density at radius 1 is 1.19 bits per heavy atom. The molecule has 0 radical (unpaired) electrons. The molecule has 0 fully saturated rings. The fourth-order valence-corrected chi connectivity index (χ4v) is 1.74. The second kappa shape index (κ2) is 11.4. The number of ether oxygens (including phenoxy) is 1. The molecule has 0 atom stereocenters. The van der Waals surface area contributed by atoms with Gasteiger partial charge in [0.2, 0.25) is 0 Å². The molecule has 3 heteroatoms. The van der Waals surface area contributed by atoms with Crippen molar-refractivity contribution >= 4 is 0 Å². The summed E-state index contributed by atoms with van der Waals surface area (Å²) in [6, 6.07) is 0. The van der Waals surface area contributed by atoms with E-state index in [1.54, 1.807) is 7.11 Å². The number of hydrogen-bond acceptors (Lipinski definition) is 3. The average Bonchev–Trinajstić information content (AvgIpc) is 2.30. The fourth-order valence-electron chi connectivity index (χ4n) is 1.74. The standard InChI is InChI=1S/C13H30N2O/c1-5-13(6-2)12-14-8-10-15(3)9-7-11-16-4/h13-14H,5-12H2,1-4H3. The number of likely N-dealkylation sites (N-methyl/N-ethyl adjacent to an activating group) is 1. The average molecular weight is 230 g/mol. The molecule has 0 aliphatic carbocycles. The zero-order valence-corrected chi connectivity index (χ0v) is 11.6. The molecule has 0 aromatic rings. The number of nitrogens with one attached hydrogen (secondary N) is 1. The number of methoxy groups -OCH3 is 1. The Kier molecular flexibility index (Phi) is 11.3. The number of hydrogen-bond donors (Lipinski definition) is 1. The van der Waals surface area contributed by atoms with Crippen molar-refractivity contribution in [2.45, 2.75) is 33.1 Å². The summed E-state index contributed by atoms with van der Waals surface area (Å²) in [5, 5.41) is 3.54. The van der Waals surface area contributed by atoms with Gasteiger partial charge in [-0.25, -0.2) is 0 Å². The molecule has 0 saturated heterocycles. The quantitative estimate of drug-likeness (QED) is 0.549. The monoisotopic (exact) mass is 230 g/mol. The van der Waals surface area contributed by atoms with Crippen LogP contribution in [0.4, 0.5) is 0 Å². The first-order valence-corrected chi connectivity index (χ1v) is 6.62. The minimum atomic E-state index is 0.846. The molecular formula is C13H30N2O. The van der Waals surface area contributed by atoms with Gasteiger partial charge in [0.25, 0.3) is 0 Å². The molecule has 0 unspecified atom stereocenters. The highest BCUT2D eigenvalue weighted by molar-refractivity contribution is 4.60. The fraction of sp³-hybridized carbons (Fsp3) is 1.00. The van der Waals surface area contributed by atoms with Gasteiger partial charge in [-0.05, 0) is 25.9 Å². The summed E-state index contributed by atoms with van der Waals surface area (Å²) in [7, 11) is 3.94. The van der Waals surface area contributed by atoms with Gasteiger partial charge >= 0.3 is 0 Å². The smallest absolute Gasteiger partial charge is 0.0474 e. The molecule has 0 saturated carbocycles. The number of rotatable bonds is 11. The van der Waals surface area contributed by atoms with Crippen LogP contribution in [0, 0.1) is 5.92 Å². The topological polar surface area (TPSA) is 24.5 Å². The minimum Gasteiger partial charge on any atom is -0.385 e. The lowest BCUT2D eigenvalue weighted by Crippen LogP contribution is -2.32. The van der Waals surface area contributed by atoms with Crippen molar-refractivity contribution in [2.24, 2.45) is 5.92 Å². The third-order valence-electron chi connectivity index (χ3n) is 3.15. The summed E-state index contributed by atoms with van der Waals surface area (Å²) >= 11 is 0. The van der Waals surface area contributed by atoms with E-state index in [1.165, 1.54) is 19.4 Å². The minimum absolute atomic E-state index is 0.846. The van der Waals surface area contributed by atoms with E-state index in [-0.39, 0.29) is 0 Å². The summed E-state index contributed by atoms with van der Waals surface area (Å²) in [5.41, 5.74) is 0. The molecule has 16 heavy (non-hydrogen) atoms. The Hall–Kier alpha value is -0.120. The van der Waals surface area contributed by atoms with Crippen LogP contribution in [-0.4, -0.2) is 51.8 Å². The van der Waals surface area contributed by atoms with E-state index in [9.17, 15) is 0 Å². The molecular weight excluding hydrogens is 200 g/mol. The lowest BCUT2D eigenvalue weighted by molar-refractivity contribution is 0.179. The van der Waals surface area contributed by atoms with Crippen LogP contribution in [0.15, 0.2) is 0 Å². The van der Waals surface area contributed by atoms with Crippen LogP contribution in [0.2, 0.25) is 0 Å². The van der Waals surface area contributed by atoms with Crippen molar-refractivity contribution in [1.82, 2.24) is 10.2 Å². The Morgan fingerprint density at radius 3 is 2.44 bits per heavy atom. The molecule has 98 valence electrons. The van der Waals surface area contributed by atoms with Gasteiger partial charge in [0.05, 0.1) is 0 Å². The first-order valence-electron chi connectivity index (χ1n) is 6.62. The maximum Gasteiger partial charge on any atom is 0.0474 e. The van der Waals surface area contributed by atoms with Gasteiger partial charge in [0.1, 0.15) is 0 Å². The summed E-state index contributed by atoms with van der Waals surface area (Å²) < 4.78 is 5.04. The van der Waals surface area contributed by atoms with Gasteiger partial charge in [-0.1, -0.05) is 26.7 Å². The molecule has 3 nitrogen and oxygen atoms in total. The van der Waals surface area contributed by atoms with E-state index in [2.05, 4.69) is 31.1 Å². The Morgan fingerprint density at radius 2 is 1.88 bits per heavy atom. The lowest BCUT2D eigenvalue weighted by atomic mass is 10.0. The third kappa shape index (κ3) is 9.13. The summed E-state index contributed by atoms with van der Waals surface area (Å²) in [5.74, 6) is 0.846. The van der Waals surface area contributed by atoms with Crippen LogP contribution in [-0.2, 0) is 4.74 Å². The Labute approximate surface area is 102 Å². The van der Waals surface area contributed by atoms with Gasteiger partial charge < -0.3 is 15.0 Å². The SMILES string of the molecule is CCC(CC)CNCCN(C)CCCOC. The zero-order valence-electron chi connectivity index (χ0n) is 11.6. The van der Waals surface area contributed by atoms with Crippen molar-refractivity contribution in [2.75, 3.05) is 46.9 Å². The first kappa shape index (κ1) is 15.9. The van der Waals surface area contributed by atoms with Crippen LogP contribution >= 0.6 is 0 Å². The van der Waals surface area contributed by atoms with Crippen molar-refractivity contribution in [3.8, 4) is 0 Å². The van der Waals surface area contributed by atoms with E-state index in [0.717, 1.165) is 38.6 Å². The van der Waals surface area contributed by atoms with Gasteiger partial charge in [0.15, 0.2) is 0 Å². The van der Waals surface area contributed by atoms with Crippen LogP contribution in [0.3, 0.4) is 0 Å². The summed E-state index contributed by atoms with van der Waals surface area (Å²) in [6.45, 7) is 9.92. The van der Waals surface area contributed by atoms with E-state index in [4.69, 9.17) is 4.74 Å². The van der Waals surface area contributed by atoms with Crippen molar-refractivity contribution in [3.05, 3.63) is 0 Å². The molecule has 0 aliphatic heterocycles. The second-order valence-corrected chi connectivity index (χ2v) is 4.54. The highest BCUT2D eigenvalue weighted by Gasteiger charge is 2.02. The van der Waals surface area contributed by atoms with Crippen molar-refractivity contribution in [3.63, 3.8) is 0 Å². The first-order chi connectivity index (χ1) is 7.74. The largest absolute Gasteiger partial charge is 0.385 e. The van der Waals surface area contributed by atoms with Crippen molar-refractivity contribution in [1.29, 1.82) is 0 Å². The predicted molar refractivity (Wildman–Crippen MR) is 70.9 cm³/mol. The Balaban J connectivity index is 3.29. The molecule has 0 aromatic heterocycles. The third-order valence-corrected chi connectivity index (χ3v) is 3.15. The second-order valence-electron chi connectivity index (χ2n) is 4.54. The molecule has 0 spiro atoms. The molecule has 0 aliphatic rings. The molecule has 0 rings (SSSR count). The predicted octanol–water partition coefficient (Wildman–Crippen LogP) is 1.98. The van der Waals surface area contributed by atoms with Crippen LogP contribution < -0.4 is 5.32 Å². The van der Waals surface area contributed by atoms with E-state index in [1.807, 2.05) is 0 Å². The maximum absolute atomic E-state index is 5.04. The van der Waals surface area contributed by atoms with Crippen LogP contribution in [0.1, 0.15) is 33.1 Å². The number of nitrogens with zero attached hydrogens (tertiary/aromatic N) is 1. The Bertz CT molecular complexity index is 138. The van der Waals surface area contributed by atoms with E-state index in [0.29, 0.717) is 0 Å². The molecule has 0 bridgehead atoms. The zero-order chi connectivity index (χ0) is 12.2. The summed E-state index contributed by atoms with van der Waals surface area (Å²) in [4.78, 5) is 2.36. The van der Waals surface area contributed by atoms with Gasteiger partial charge in [-0.3, -0.25) is 0 Å². The highest BCUT2D eigenvalue weighted by Crippen LogP contribution is 2.04. The molecule has 0 aromatic carbocycles.